The van der Waals surface area contributed by atoms with Crippen molar-refractivity contribution in [3.8, 4) is 0 Å². The molecule has 1 saturated heterocycles. The number of rotatable bonds is 4. The third kappa shape index (κ3) is 1.81. The molecule has 0 bridgehead atoms. The van der Waals surface area contributed by atoms with Gasteiger partial charge in [0.1, 0.15) is 5.60 Å². The average molecular weight is 321 g/mol. The molecule has 0 radical (unpaired) electrons. The third-order valence-corrected chi connectivity index (χ3v) is 5.76. The highest BCUT2D eigenvalue weighted by Gasteiger charge is 2.66. The smallest absolute Gasteiger partial charge is 0.233 e. The number of hydrogen-bond donors (Lipinski definition) is 1. The molecule has 3 unspecified atom stereocenters. The topological polar surface area (TPSA) is 55.6 Å². The summed E-state index contributed by atoms with van der Waals surface area (Å²) in [4.78, 5) is 14.9. The van der Waals surface area contributed by atoms with Crippen molar-refractivity contribution < 1.29 is 9.53 Å². The molecule has 118 valence electrons. The van der Waals surface area contributed by atoms with Crippen LogP contribution in [0.3, 0.4) is 0 Å². The Kier molecular flexibility index (Phi) is 3.44. The summed E-state index contributed by atoms with van der Waals surface area (Å²) in [7, 11) is 0. The van der Waals surface area contributed by atoms with Gasteiger partial charge in [-0.05, 0) is 56.3 Å². The van der Waals surface area contributed by atoms with E-state index in [0.29, 0.717) is 17.5 Å². The molecule has 4 rings (SSSR count). The van der Waals surface area contributed by atoms with Crippen molar-refractivity contribution in [1.29, 1.82) is 0 Å². The second-order valence-corrected chi connectivity index (χ2v) is 7.00. The first-order valence-corrected chi connectivity index (χ1v) is 8.51. The Bertz CT molecular complexity index is 621. The molecule has 2 aliphatic heterocycles. The lowest BCUT2D eigenvalue weighted by Crippen LogP contribution is -2.61. The van der Waals surface area contributed by atoms with Crippen molar-refractivity contribution in [3.05, 3.63) is 28.8 Å². The van der Waals surface area contributed by atoms with E-state index < -0.39 is 5.60 Å². The quantitative estimate of drug-likeness (QED) is 0.868. The molecule has 1 aliphatic carbocycles. The van der Waals surface area contributed by atoms with Crippen LogP contribution in [-0.4, -0.2) is 25.6 Å². The minimum Gasteiger partial charge on any atom is -0.369 e. The fourth-order valence-electron chi connectivity index (χ4n) is 4.46. The summed E-state index contributed by atoms with van der Waals surface area (Å²) in [5.41, 5.74) is 7.28. The van der Waals surface area contributed by atoms with E-state index >= 15 is 0 Å². The Balaban J connectivity index is 1.76. The maximum absolute atomic E-state index is 12.9. The number of hydrogen-bond acceptors (Lipinski definition) is 3. The zero-order valence-electron chi connectivity index (χ0n) is 12.6. The normalized spacial score (nSPS) is 32.3. The molecule has 1 spiro atoms. The largest absolute Gasteiger partial charge is 0.369 e. The minimum atomic E-state index is -0.401. The summed E-state index contributed by atoms with van der Waals surface area (Å²) >= 11 is 6.24. The van der Waals surface area contributed by atoms with Gasteiger partial charge >= 0.3 is 0 Å². The highest BCUT2D eigenvalue weighted by molar-refractivity contribution is 6.30. The number of nitrogens with zero attached hydrogens (tertiary/aromatic N) is 1. The molecule has 0 aromatic heterocycles. The van der Waals surface area contributed by atoms with Crippen LogP contribution in [-0.2, 0) is 15.1 Å². The number of fused-ring (bicyclic) bond motifs is 1. The highest BCUT2D eigenvalue weighted by Crippen LogP contribution is 2.63. The zero-order valence-corrected chi connectivity index (χ0v) is 13.3. The lowest BCUT2D eigenvalue weighted by Gasteiger charge is -2.56. The Hall–Kier alpha value is -1.10. The average Bonchev–Trinajstić information content (AvgIpc) is 2.79. The number of unbranched alkanes of at least 4 members (excludes halogenated alkanes) is 1. The summed E-state index contributed by atoms with van der Waals surface area (Å²) in [5, 5.41) is 0.712. The van der Waals surface area contributed by atoms with Crippen molar-refractivity contribution in [2.45, 2.75) is 31.3 Å². The Labute approximate surface area is 135 Å². The second kappa shape index (κ2) is 5.22. The fourth-order valence-corrected chi connectivity index (χ4v) is 4.63. The van der Waals surface area contributed by atoms with Crippen LogP contribution in [0.15, 0.2) is 18.2 Å². The lowest BCUT2D eigenvalue weighted by molar-refractivity contribution is -0.168. The molecular formula is C17H21ClN2O2. The van der Waals surface area contributed by atoms with Crippen LogP contribution in [0, 0.1) is 11.8 Å². The number of benzene rings is 1. The minimum absolute atomic E-state index is 0.0381. The van der Waals surface area contributed by atoms with Gasteiger partial charge in [-0.15, -0.1) is 0 Å². The van der Waals surface area contributed by atoms with E-state index in [1.54, 1.807) is 0 Å². The fraction of sp³-hybridized carbons (Fsp3) is 0.588. The van der Waals surface area contributed by atoms with Crippen molar-refractivity contribution in [3.63, 3.8) is 0 Å². The van der Waals surface area contributed by atoms with Crippen LogP contribution >= 0.6 is 11.6 Å². The molecule has 2 fully saturated rings. The molecular weight excluding hydrogens is 300 g/mol. The maximum atomic E-state index is 12.9. The molecule has 1 aromatic carbocycles. The summed E-state index contributed by atoms with van der Waals surface area (Å²) < 4.78 is 6.14. The number of carbonyl (C=O) groups is 1. The Morgan fingerprint density at radius 2 is 2.27 bits per heavy atom. The molecule has 1 amide bonds. The summed E-state index contributed by atoms with van der Waals surface area (Å²) in [6.45, 7) is 2.13. The van der Waals surface area contributed by atoms with Gasteiger partial charge in [0.25, 0.3) is 0 Å². The van der Waals surface area contributed by atoms with Crippen LogP contribution in [0.2, 0.25) is 5.02 Å². The number of nitrogens with two attached hydrogens (primary N) is 1. The van der Waals surface area contributed by atoms with Crippen molar-refractivity contribution in [2.75, 3.05) is 24.6 Å². The molecule has 22 heavy (non-hydrogen) atoms. The SMILES string of the molecule is NCCCCN1C(=O)C2CC3CCOC32c2cc(Cl)ccc21. The highest BCUT2D eigenvalue weighted by atomic mass is 35.5. The van der Waals surface area contributed by atoms with E-state index in [1.807, 2.05) is 23.1 Å². The first kappa shape index (κ1) is 14.5. The molecule has 2 N–H and O–H groups in total. The first-order chi connectivity index (χ1) is 10.7. The lowest BCUT2D eigenvalue weighted by atomic mass is 9.56. The summed E-state index contributed by atoms with van der Waals surface area (Å²) in [5.74, 6) is 0.638. The van der Waals surface area contributed by atoms with Gasteiger partial charge in [0, 0.05) is 29.4 Å². The predicted molar refractivity (Wildman–Crippen MR) is 85.9 cm³/mol. The Morgan fingerprint density at radius 3 is 3.05 bits per heavy atom. The van der Waals surface area contributed by atoms with E-state index in [9.17, 15) is 4.79 Å². The van der Waals surface area contributed by atoms with Crippen LogP contribution in [0.5, 0.6) is 0 Å². The van der Waals surface area contributed by atoms with Crippen molar-refractivity contribution in [1.82, 2.24) is 0 Å². The van der Waals surface area contributed by atoms with Gasteiger partial charge in [-0.2, -0.15) is 0 Å². The van der Waals surface area contributed by atoms with Gasteiger partial charge < -0.3 is 15.4 Å². The number of amides is 1. The zero-order chi connectivity index (χ0) is 15.3. The Morgan fingerprint density at radius 1 is 1.41 bits per heavy atom. The van der Waals surface area contributed by atoms with Crippen LogP contribution < -0.4 is 10.6 Å². The second-order valence-electron chi connectivity index (χ2n) is 6.56. The maximum Gasteiger partial charge on any atom is 0.233 e. The van der Waals surface area contributed by atoms with Gasteiger partial charge in [0.05, 0.1) is 5.92 Å². The number of halogens is 1. The van der Waals surface area contributed by atoms with Gasteiger partial charge in [-0.1, -0.05) is 11.6 Å². The van der Waals surface area contributed by atoms with Gasteiger partial charge in [-0.3, -0.25) is 4.79 Å². The monoisotopic (exact) mass is 320 g/mol. The van der Waals surface area contributed by atoms with E-state index in [1.165, 1.54) is 0 Å². The standard InChI is InChI=1S/C17H21ClN2O2/c18-12-3-4-15-13(10-12)17-11(5-8-22-17)9-14(17)16(21)20(15)7-2-1-6-19/h3-4,10-11,14H,1-2,5-9,19H2. The van der Waals surface area contributed by atoms with Crippen LogP contribution in [0.25, 0.3) is 0 Å². The number of anilines is 1. The first-order valence-electron chi connectivity index (χ1n) is 8.14. The third-order valence-electron chi connectivity index (χ3n) is 5.52. The molecule has 1 aromatic rings. The van der Waals surface area contributed by atoms with Crippen LogP contribution in [0.1, 0.15) is 31.2 Å². The molecule has 2 heterocycles. The molecule has 3 atom stereocenters. The number of carbonyl (C=O) groups excluding carboxylic acids is 1. The summed E-state index contributed by atoms with van der Waals surface area (Å²) in [6.07, 6.45) is 3.84. The predicted octanol–water partition coefficient (Wildman–Crippen LogP) is 2.68. The van der Waals surface area contributed by atoms with Gasteiger partial charge in [0.2, 0.25) is 5.91 Å². The summed E-state index contributed by atoms with van der Waals surface area (Å²) in [6, 6.07) is 5.84. The van der Waals surface area contributed by atoms with Crippen molar-refractivity contribution in [2.24, 2.45) is 17.6 Å². The molecule has 5 heteroatoms. The van der Waals surface area contributed by atoms with Crippen molar-refractivity contribution >= 4 is 23.2 Å². The molecule has 4 nitrogen and oxygen atoms in total. The van der Waals surface area contributed by atoms with Gasteiger partial charge in [-0.25, -0.2) is 0 Å². The van der Waals surface area contributed by atoms with Crippen LogP contribution in [0.4, 0.5) is 5.69 Å². The number of ether oxygens (including phenoxy) is 1. The van der Waals surface area contributed by atoms with E-state index in [2.05, 4.69) is 0 Å². The molecule has 3 aliphatic rings. The van der Waals surface area contributed by atoms with Gasteiger partial charge in [0.15, 0.2) is 0 Å². The van der Waals surface area contributed by atoms with E-state index in [4.69, 9.17) is 22.1 Å². The molecule has 1 saturated carbocycles. The van der Waals surface area contributed by atoms with E-state index in [-0.39, 0.29) is 11.8 Å². The van der Waals surface area contributed by atoms with E-state index in [0.717, 1.165) is 50.1 Å².